The molecule has 33 heavy (non-hydrogen) atoms. The number of nitrogens with one attached hydrogen (secondary N) is 2. The van der Waals surface area contributed by atoms with Crippen molar-refractivity contribution in [3.05, 3.63) is 94.5 Å². The molecule has 0 atom stereocenters. The van der Waals surface area contributed by atoms with Gasteiger partial charge in [0.2, 0.25) is 0 Å². The quantitative estimate of drug-likeness (QED) is 0.404. The van der Waals surface area contributed by atoms with Gasteiger partial charge >= 0.3 is 0 Å². The second-order valence-corrected chi connectivity index (χ2v) is 7.90. The highest BCUT2D eigenvalue weighted by molar-refractivity contribution is 5.96. The van der Waals surface area contributed by atoms with Crippen LogP contribution in [0.3, 0.4) is 0 Å². The number of nitro benzene ring substituents is 1. The maximum Gasteiger partial charge on any atom is 0.293 e. The fraction of sp³-hybridized carbons (Fsp3) is 0.240. The van der Waals surface area contributed by atoms with Gasteiger partial charge in [-0.25, -0.2) is 0 Å². The molecule has 1 amide bonds. The summed E-state index contributed by atoms with van der Waals surface area (Å²) in [7, 11) is 0. The number of nitrogens with zero attached hydrogens (tertiary/aromatic N) is 3. The zero-order valence-corrected chi connectivity index (χ0v) is 18.3. The topological polar surface area (TPSA) is 90.8 Å². The largest absolute Gasteiger partial charge is 0.369 e. The number of nitro groups is 1. The van der Waals surface area contributed by atoms with Crippen LogP contribution in [0.1, 0.15) is 10.4 Å². The molecule has 0 unspecified atom stereocenters. The van der Waals surface area contributed by atoms with Gasteiger partial charge in [0.25, 0.3) is 11.6 Å². The van der Waals surface area contributed by atoms with E-state index in [2.05, 4.69) is 32.6 Å². The first-order valence-corrected chi connectivity index (χ1v) is 11.0. The standard InChI is InChI=1S/C25H27N5O3/c31-25(26-13-14-28-15-17-29(18-16-28)22-9-5-2-6-10-22)20-11-12-23(24(19-20)30(32)33)27-21-7-3-1-4-8-21/h1-12,19,27H,13-18H2,(H,26,31). The van der Waals surface area contributed by atoms with Crippen molar-refractivity contribution < 1.29 is 9.72 Å². The molecule has 0 aliphatic carbocycles. The Morgan fingerprint density at radius 3 is 2.24 bits per heavy atom. The molecule has 3 aromatic rings. The number of hydrogen-bond acceptors (Lipinski definition) is 6. The Labute approximate surface area is 193 Å². The van der Waals surface area contributed by atoms with E-state index in [9.17, 15) is 14.9 Å². The highest BCUT2D eigenvalue weighted by Crippen LogP contribution is 2.28. The molecule has 0 saturated carbocycles. The number of anilines is 3. The average Bonchev–Trinajstić information content (AvgIpc) is 2.85. The molecule has 0 spiro atoms. The van der Waals surface area contributed by atoms with Crippen LogP contribution in [0.5, 0.6) is 0 Å². The molecule has 0 bridgehead atoms. The molecule has 4 rings (SSSR count). The molecule has 0 radical (unpaired) electrons. The predicted octanol–water partition coefficient (Wildman–Crippen LogP) is 3.89. The van der Waals surface area contributed by atoms with Gasteiger partial charge in [-0.1, -0.05) is 36.4 Å². The molecule has 0 aromatic heterocycles. The first-order chi connectivity index (χ1) is 16.1. The van der Waals surface area contributed by atoms with Crippen LogP contribution in [-0.4, -0.2) is 55.0 Å². The molecule has 1 fully saturated rings. The third-order valence-electron chi connectivity index (χ3n) is 5.72. The number of para-hydroxylation sites is 2. The van der Waals surface area contributed by atoms with Crippen LogP contribution in [0.15, 0.2) is 78.9 Å². The zero-order chi connectivity index (χ0) is 23.0. The van der Waals surface area contributed by atoms with Crippen LogP contribution < -0.4 is 15.5 Å². The van der Waals surface area contributed by atoms with Gasteiger partial charge in [-0.2, -0.15) is 0 Å². The zero-order valence-electron chi connectivity index (χ0n) is 18.3. The smallest absolute Gasteiger partial charge is 0.293 e. The van der Waals surface area contributed by atoms with Crippen molar-refractivity contribution in [3.8, 4) is 0 Å². The SMILES string of the molecule is O=C(NCCN1CCN(c2ccccc2)CC1)c1ccc(Nc2ccccc2)c([N+](=O)[O-])c1. The number of amides is 1. The molecule has 3 aromatic carbocycles. The van der Waals surface area contributed by atoms with E-state index >= 15 is 0 Å². The summed E-state index contributed by atoms with van der Waals surface area (Å²) in [6, 6.07) is 24.1. The minimum atomic E-state index is -0.478. The Kier molecular flexibility index (Phi) is 7.16. The highest BCUT2D eigenvalue weighted by Gasteiger charge is 2.19. The van der Waals surface area contributed by atoms with Crippen molar-refractivity contribution in [1.29, 1.82) is 0 Å². The molecule has 1 saturated heterocycles. The number of hydrogen-bond donors (Lipinski definition) is 2. The van der Waals surface area contributed by atoms with Crippen molar-refractivity contribution in [1.82, 2.24) is 10.2 Å². The molecule has 8 nitrogen and oxygen atoms in total. The molecule has 2 N–H and O–H groups in total. The molecule has 8 heteroatoms. The maximum absolute atomic E-state index is 12.6. The maximum atomic E-state index is 12.6. The van der Waals surface area contributed by atoms with E-state index in [-0.39, 0.29) is 17.2 Å². The summed E-state index contributed by atoms with van der Waals surface area (Å²) < 4.78 is 0. The summed E-state index contributed by atoms with van der Waals surface area (Å²) in [5.74, 6) is -0.313. The van der Waals surface area contributed by atoms with Gasteiger partial charge in [0.15, 0.2) is 0 Å². The fourth-order valence-electron chi connectivity index (χ4n) is 3.90. The predicted molar refractivity (Wildman–Crippen MR) is 130 cm³/mol. The molecule has 1 aliphatic heterocycles. The van der Waals surface area contributed by atoms with E-state index in [1.165, 1.54) is 11.8 Å². The van der Waals surface area contributed by atoms with Gasteiger partial charge in [-0.3, -0.25) is 19.8 Å². The van der Waals surface area contributed by atoms with Crippen LogP contribution in [0.25, 0.3) is 0 Å². The number of piperazine rings is 1. The van der Waals surface area contributed by atoms with Crippen molar-refractivity contribution in [2.24, 2.45) is 0 Å². The number of benzene rings is 3. The summed E-state index contributed by atoms with van der Waals surface area (Å²) in [6.45, 7) is 4.97. The lowest BCUT2D eigenvalue weighted by molar-refractivity contribution is -0.383. The first-order valence-electron chi connectivity index (χ1n) is 11.0. The van der Waals surface area contributed by atoms with Gasteiger partial charge in [-0.15, -0.1) is 0 Å². The van der Waals surface area contributed by atoms with E-state index in [1.54, 1.807) is 12.1 Å². The van der Waals surface area contributed by atoms with E-state index in [1.807, 2.05) is 48.5 Å². The van der Waals surface area contributed by atoms with Crippen molar-refractivity contribution in [3.63, 3.8) is 0 Å². The Morgan fingerprint density at radius 1 is 0.909 bits per heavy atom. The normalized spacial score (nSPS) is 14.0. The lowest BCUT2D eigenvalue weighted by Gasteiger charge is -2.36. The van der Waals surface area contributed by atoms with E-state index < -0.39 is 4.92 Å². The Morgan fingerprint density at radius 2 is 1.58 bits per heavy atom. The van der Waals surface area contributed by atoms with Crippen LogP contribution in [0.4, 0.5) is 22.7 Å². The second kappa shape index (κ2) is 10.6. The van der Waals surface area contributed by atoms with E-state index in [0.717, 1.165) is 38.4 Å². The monoisotopic (exact) mass is 445 g/mol. The third-order valence-corrected chi connectivity index (χ3v) is 5.72. The van der Waals surface area contributed by atoms with Gasteiger partial charge in [0.05, 0.1) is 4.92 Å². The molecule has 1 heterocycles. The summed E-state index contributed by atoms with van der Waals surface area (Å²) in [6.07, 6.45) is 0. The summed E-state index contributed by atoms with van der Waals surface area (Å²) in [4.78, 5) is 28.3. The molecular weight excluding hydrogens is 418 g/mol. The number of carbonyl (C=O) groups excluding carboxylic acids is 1. The highest BCUT2D eigenvalue weighted by atomic mass is 16.6. The minimum absolute atomic E-state index is 0.136. The van der Waals surface area contributed by atoms with Gasteiger partial charge in [-0.05, 0) is 36.4 Å². The molecular formula is C25H27N5O3. The Hall–Kier alpha value is -3.91. The Bertz CT molecular complexity index is 1080. The van der Waals surface area contributed by atoms with Crippen molar-refractivity contribution >= 4 is 28.7 Å². The number of rotatable bonds is 8. The fourth-order valence-corrected chi connectivity index (χ4v) is 3.90. The van der Waals surface area contributed by atoms with Gasteiger partial charge < -0.3 is 15.5 Å². The number of carbonyl (C=O) groups is 1. The van der Waals surface area contributed by atoms with Gasteiger partial charge in [0, 0.05) is 62.3 Å². The van der Waals surface area contributed by atoms with Crippen molar-refractivity contribution in [2.75, 3.05) is 49.5 Å². The van der Waals surface area contributed by atoms with E-state index in [0.29, 0.717) is 12.2 Å². The molecule has 1 aliphatic rings. The lowest BCUT2D eigenvalue weighted by atomic mass is 10.1. The summed E-state index contributed by atoms with van der Waals surface area (Å²) in [5, 5.41) is 17.5. The average molecular weight is 446 g/mol. The summed E-state index contributed by atoms with van der Waals surface area (Å²) in [5.41, 5.74) is 2.46. The molecule has 170 valence electrons. The summed E-state index contributed by atoms with van der Waals surface area (Å²) >= 11 is 0. The van der Waals surface area contributed by atoms with Crippen LogP contribution in [-0.2, 0) is 0 Å². The lowest BCUT2D eigenvalue weighted by Crippen LogP contribution is -2.48. The first kappa shape index (κ1) is 22.3. The minimum Gasteiger partial charge on any atom is -0.369 e. The van der Waals surface area contributed by atoms with Crippen LogP contribution >= 0.6 is 0 Å². The van der Waals surface area contributed by atoms with Crippen LogP contribution in [0, 0.1) is 10.1 Å². The van der Waals surface area contributed by atoms with Gasteiger partial charge in [0.1, 0.15) is 5.69 Å². The van der Waals surface area contributed by atoms with Crippen LogP contribution in [0.2, 0.25) is 0 Å². The van der Waals surface area contributed by atoms with Crippen molar-refractivity contribution in [2.45, 2.75) is 0 Å². The third kappa shape index (κ3) is 5.87. The second-order valence-electron chi connectivity index (χ2n) is 7.90. The Balaban J connectivity index is 1.29. The van der Waals surface area contributed by atoms with E-state index in [4.69, 9.17) is 0 Å².